The third-order valence-electron chi connectivity index (χ3n) is 2.24. The van der Waals surface area contributed by atoms with E-state index in [1.54, 1.807) is 7.05 Å². The maximum Gasteiger partial charge on any atom is 0.321 e. The highest BCUT2D eigenvalue weighted by molar-refractivity contribution is 9.09. The Labute approximate surface area is 112 Å². The van der Waals surface area contributed by atoms with Gasteiger partial charge in [0.15, 0.2) is 5.69 Å². The number of ether oxygens (including phenoxy) is 1. The summed E-state index contributed by atoms with van der Waals surface area (Å²) in [5, 5.41) is 11.2. The lowest BCUT2D eigenvalue weighted by Crippen LogP contribution is -2.30. The van der Waals surface area contributed by atoms with Crippen molar-refractivity contribution in [3.05, 3.63) is 27.9 Å². The Kier molecular flexibility index (Phi) is 5.79. The fourth-order valence-electron chi connectivity index (χ4n) is 1.28. The highest BCUT2D eigenvalue weighted by atomic mass is 79.9. The second-order valence-electron chi connectivity index (χ2n) is 3.54. The molecule has 1 rings (SSSR count). The molecule has 0 unspecified atom stereocenters. The van der Waals surface area contributed by atoms with Crippen molar-refractivity contribution in [1.29, 1.82) is 0 Å². The third-order valence-corrected chi connectivity index (χ3v) is 2.56. The van der Waals surface area contributed by atoms with Crippen molar-refractivity contribution in [3.8, 4) is 0 Å². The van der Waals surface area contributed by atoms with Crippen molar-refractivity contribution in [2.75, 3.05) is 32.1 Å². The van der Waals surface area contributed by atoms with Crippen LogP contribution in [-0.4, -0.2) is 52.9 Å². The summed E-state index contributed by atoms with van der Waals surface area (Å²) in [7, 11) is 1.62. The van der Waals surface area contributed by atoms with Crippen molar-refractivity contribution in [3.63, 3.8) is 0 Å². The Hall–Kier alpha value is -1.41. The summed E-state index contributed by atoms with van der Waals surface area (Å²) < 4.78 is 5.22. The summed E-state index contributed by atoms with van der Waals surface area (Å²) in [5.41, 5.74) is 0.199. The fourth-order valence-corrected chi connectivity index (χ4v) is 1.51. The molecule has 18 heavy (non-hydrogen) atoms. The number of carbonyl (C=O) groups is 1. The lowest BCUT2D eigenvalue weighted by molar-refractivity contribution is -0.389. The van der Waals surface area contributed by atoms with E-state index in [9.17, 15) is 14.9 Å². The number of nitrogens with one attached hydrogen (secondary N) is 1. The zero-order valence-corrected chi connectivity index (χ0v) is 11.5. The van der Waals surface area contributed by atoms with Gasteiger partial charge < -0.3 is 19.8 Å². The van der Waals surface area contributed by atoms with Crippen LogP contribution in [0.15, 0.2) is 12.1 Å². The SMILES string of the molecule is CN(CCOCCBr)C(=O)c1ccc([N+](=O)[O-])[nH]1. The van der Waals surface area contributed by atoms with Gasteiger partial charge in [-0.25, -0.2) is 4.98 Å². The number of halogens is 1. The van der Waals surface area contributed by atoms with Crippen LogP contribution in [0.1, 0.15) is 10.5 Å². The Morgan fingerprint density at radius 2 is 2.28 bits per heavy atom. The number of nitro groups is 1. The molecular formula is C10H14BrN3O4. The quantitative estimate of drug-likeness (QED) is 0.356. The fraction of sp³-hybridized carbons (Fsp3) is 0.500. The number of rotatable bonds is 7. The zero-order valence-electron chi connectivity index (χ0n) is 9.89. The lowest BCUT2D eigenvalue weighted by atomic mass is 10.4. The molecule has 0 aromatic carbocycles. The minimum atomic E-state index is -0.574. The molecule has 1 aromatic heterocycles. The van der Waals surface area contributed by atoms with Gasteiger partial charge in [0, 0.05) is 25.0 Å². The van der Waals surface area contributed by atoms with Crippen LogP contribution < -0.4 is 0 Å². The first-order valence-corrected chi connectivity index (χ1v) is 6.41. The summed E-state index contributed by atoms with van der Waals surface area (Å²) in [6.45, 7) is 1.44. The molecule has 0 aliphatic rings. The smallest absolute Gasteiger partial charge is 0.321 e. The summed E-state index contributed by atoms with van der Waals surface area (Å²) in [4.78, 5) is 25.7. The minimum Gasteiger partial charge on any atom is -0.379 e. The molecule has 100 valence electrons. The van der Waals surface area contributed by atoms with Crippen LogP contribution in [0.3, 0.4) is 0 Å². The average molecular weight is 320 g/mol. The molecule has 7 nitrogen and oxygen atoms in total. The van der Waals surface area contributed by atoms with Crippen LogP contribution in [0.25, 0.3) is 0 Å². The first-order valence-electron chi connectivity index (χ1n) is 5.29. The first kappa shape index (κ1) is 14.7. The number of H-pyrrole nitrogens is 1. The number of likely N-dealkylation sites (N-methyl/N-ethyl adjacent to an activating group) is 1. The summed E-state index contributed by atoms with van der Waals surface area (Å²) in [6.07, 6.45) is 0. The van der Waals surface area contributed by atoms with E-state index in [2.05, 4.69) is 20.9 Å². The summed E-state index contributed by atoms with van der Waals surface area (Å²) in [6, 6.07) is 2.67. The predicted molar refractivity (Wildman–Crippen MR) is 69.0 cm³/mol. The van der Waals surface area contributed by atoms with Gasteiger partial charge in [-0.3, -0.25) is 4.79 Å². The van der Waals surface area contributed by atoms with Crippen LogP contribution in [0.4, 0.5) is 5.82 Å². The number of alkyl halides is 1. The molecule has 0 saturated heterocycles. The van der Waals surface area contributed by atoms with E-state index in [-0.39, 0.29) is 17.4 Å². The number of hydrogen-bond donors (Lipinski definition) is 1. The van der Waals surface area contributed by atoms with Crippen LogP contribution in [0.2, 0.25) is 0 Å². The molecule has 0 spiro atoms. The number of aromatic amines is 1. The number of carbonyl (C=O) groups excluding carboxylic acids is 1. The molecule has 0 saturated carbocycles. The average Bonchev–Trinajstić information content (AvgIpc) is 2.83. The number of nitrogens with zero attached hydrogens (tertiary/aromatic N) is 2. The van der Waals surface area contributed by atoms with E-state index in [1.165, 1.54) is 17.0 Å². The molecular weight excluding hydrogens is 306 g/mol. The standard InChI is InChI=1S/C10H14BrN3O4/c1-13(5-7-18-6-4-11)10(15)8-2-3-9(12-8)14(16)17/h2-3,12H,4-7H2,1H3. The van der Waals surface area contributed by atoms with E-state index in [1.807, 2.05) is 0 Å². The monoisotopic (exact) mass is 319 g/mol. The van der Waals surface area contributed by atoms with E-state index in [4.69, 9.17) is 4.74 Å². The Balaban J connectivity index is 2.49. The van der Waals surface area contributed by atoms with Crippen molar-refractivity contribution >= 4 is 27.7 Å². The molecule has 1 heterocycles. The molecule has 0 aliphatic heterocycles. The Bertz CT molecular complexity index is 421. The summed E-state index contributed by atoms with van der Waals surface area (Å²) in [5.74, 6) is -0.493. The van der Waals surface area contributed by atoms with Gasteiger partial charge >= 0.3 is 5.82 Å². The molecule has 1 amide bonds. The molecule has 1 aromatic rings. The van der Waals surface area contributed by atoms with Crippen molar-refractivity contribution in [1.82, 2.24) is 9.88 Å². The van der Waals surface area contributed by atoms with Crippen molar-refractivity contribution in [2.45, 2.75) is 0 Å². The number of hydrogen-bond acceptors (Lipinski definition) is 4. The van der Waals surface area contributed by atoms with Gasteiger partial charge in [-0.05, 0) is 11.0 Å². The van der Waals surface area contributed by atoms with Gasteiger partial charge in [0.25, 0.3) is 5.91 Å². The molecule has 8 heteroatoms. The van der Waals surface area contributed by atoms with Crippen LogP contribution in [0.5, 0.6) is 0 Å². The van der Waals surface area contributed by atoms with Gasteiger partial charge in [0.2, 0.25) is 0 Å². The van der Waals surface area contributed by atoms with Crippen LogP contribution >= 0.6 is 15.9 Å². The third kappa shape index (κ3) is 4.11. The lowest BCUT2D eigenvalue weighted by Gasteiger charge is -2.14. The molecule has 1 N–H and O–H groups in total. The minimum absolute atomic E-state index is 0.192. The van der Waals surface area contributed by atoms with Gasteiger partial charge in [-0.15, -0.1) is 0 Å². The molecule has 0 bridgehead atoms. The molecule has 0 radical (unpaired) electrons. The molecule has 0 atom stereocenters. The second kappa shape index (κ2) is 7.12. The van der Waals surface area contributed by atoms with Gasteiger partial charge in [0.05, 0.1) is 13.2 Å². The number of amides is 1. The van der Waals surface area contributed by atoms with E-state index in [0.717, 1.165) is 5.33 Å². The first-order chi connectivity index (χ1) is 8.56. The normalized spacial score (nSPS) is 10.3. The van der Waals surface area contributed by atoms with E-state index < -0.39 is 4.92 Å². The topological polar surface area (TPSA) is 88.5 Å². The van der Waals surface area contributed by atoms with Gasteiger partial charge in [-0.1, -0.05) is 15.9 Å². The highest BCUT2D eigenvalue weighted by Crippen LogP contribution is 2.11. The van der Waals surface area contributed by atoms with Crippen molar-refractivity contribution < 1.29 is 14.5 Å². The van der Waals surface area contributed by atoms with Crippen LogP contribution in [0, 0.1) is 10.1 Å². The summed E-state index contributed by atoms with van der Waals surface area (Å²) >= 11 is 3.22. The molecule has 0 fully saturated rings. The maximum absolute atomic E-state index is 11.9. The maximum atomic E-state index is 11.9. The zero-order chi connectivity index (χ0) is 13.5. The Morgan fingerprint density at radius 1 is 1.56 bits per heavy atom. The second-order valence-corrected chi connectivity index (χ2v) is 4.34. The largest absolute Gasteiger partial charge is 0.379 e. The van der Waals surface area contributed by atoms with E-state index in [0.29, 0.717) is 19.8 Å². The van der Waals surface area contributed by atoms with Gasteiger partial charge in [0.1, 0.15) is 0 Å². The van der Waals surface area contributed by atoms with Gasteiger partial charge in [-0.2, -0.15) is 0 Å². The van der Waals surface area contributed by atoms with Crippen LogP contribution in [-0.2, 0) is 4.74 Å². The highest BCUT2D eigenvalue weighted by Gasteiger charge is 2.18. The predicted octanol–water partition coefficient (Wildman–Crippen LogP) is 1.41. The van der Waals surface area contributed by atoms with Crippen molar-refractivity contribution in [2.24, 2.45) is 0 Å². The Morgan fingerprint density at radius 3 is 2.83 bits per heavy atom. The van der Waals surface area contributed by atoms with E-state index >= 15 is 0 Å². The number of aromatic nitrogens is 1. The molecule has 0 aliphatic carbocycles.